The van der Waals surface area contributed by atoms with Crippen LogP contribution in [0.3, 0.4) is 0 Å². The molecule has 1 saturated carbocycles. The summed E-state index contributed by atoms with van der Waals surface area (Å²) >= 11 is 0. The van der Waals surface area contributed by atoms with Crippen molar-refractivity contribution in [1.29, 1.82) is 5.41 Å². The van der Waals surface area contributed by atoms with Crippen LogP contribution in [0.15, 0.2) is 40.9 Å². The number of primary amides is 1. The summed E-state index contributed by atoms with van der Waals surface area (Å²) in [6.45, 7) is 0.444. The molecule has 4 N–H and O–H groups in total. The van der Waals surface area contributed by atoms with E-state index in [0.29, 0.717) is 18.7 Å². The predicted molar refractivity (Wildman–Crippen MR) is 125 cm³/mol. The van der Waals surface area contributed by atoms with Crippen molar-refractivity contribution < 1.29 is 35.3 Å². The van der Waals surface area contributed by atoms with Crippen LogP contribution >= 0.6 is 0 Å². The van der Waals surface area contributed by atoms with E-state index in [1.807, 2.05) is 0 Å². The number of halogens is 4. The Balaban J connectivity index is 1.54. The average molecular weight is 531 g/mol. The van der Waals surface area contributed by atoms with Crippen molar-refractivity contribution in [3.8, 4) is 0 Å². The number of benzene rings is 1. The Labute approximate surface area is 206 Å². The molecule has 8 nitrogen and oxygen atoms in total. The summed E-state index contributed by atoms with van der Waals surface area (Å²) in [6.07, 6.45) is 6.85. The smallest absolute Gasteiger partial charge is 0.365 e. The first kappa shape index (κ1) is 26.3. The molecule has 1 saturated heterocycles. The summed E-state index contributed by atoms with van der Waals surface area (Å²) < 4.78 is 76.9. The third kappa shape index (κ3) is 4.77. The van der Waals surface area contributed by atoms with E-state index in [0.717, 1.165) is 37.9 Å². The zero-order valence-electron chi connectivity index (χ0n) is 19.3. The van der Waals surface area contributed by atoms with E-state index < -0.39 is 32.8 Å². The van der Waals surface area contributed by atoms with E-state index in [9.17, 15) is 30.8 Å². The van der Waals surface area contributed by atoms with Gasteiger partial charge >= 0.3 is 5.51 Å². The van der Waals surface area contributed by atoms with Crippen molar-refractivity contribution >= 4 is 33.5 Å². The molecule has 4 unspecified atom stereocenters. The number of amidine groups is 1. The molecule has 36 heavy (non-hydrogen) atoms. The van der Waals surface area contributed by atoms with Gasteiger partial charge in [-0.1, -0.05) is 0 Å². The Kier molecular flexibility index (Phi) is 7.24. The van der Waals surface area contributed by atoms with E-state index in [4.69, 9.17) is 11.1 Å². The SMILES string of the molecule is N=CC1CC(N2CCCC2CF)CCC1[N+]1=C(Nc2ccc(S(=O)(=O)C(F)(F)F)cc2)C(C(N)=O)=C1. The van der Waals surface area contributed by atoms with E-state index in [1.165, 1.54) is 18.3 Å². The molecule has 13 heteroatoms. The number of nitrogens with two attached hydrogens (primary N) is 1. The van der Waals surface area contributed by atoms with E-state index in [1.54, 1.807) is 10.8 Å². The quantitative estimate of drug-likeness (QED) is 0.285. The number of anilines is 1. The van der Waals surface area contributed by atoms with Gasteiger partial charge in [0.25, 0.3) is 21.6 Å². The predicted octanol–water partition coefficient (Wildman–Crippen LogP) is 2.81. The number of carbonyl (C=O) groups is 1. The largest absolute Gasteiger partial charge is 0.501 e. The first-order chi connectivity index (χ1) is 17.0. The summed E-state index contributed by atoms with van der Waals surface area (Å²) in [5.41, 5.74) is 0.520. The van der Waals surface area contributed by atoms with Crippen LogP contribution in [-0.4, -0.2) is 72.7 Å². The van der Waals surface area contributed by atoms with E-state index in [2.05, 4.69) is 10.2 Å². The fraction of sp³-hybridized carbons (Fsp3) is 0.522. The molecule has 1 aromatic rings. The Bertz CT molecular complexity index is 1200. The van der Waals surface area contributed by atoms with Crippen molar-refractivity contribution in [1.82, 2.24) is 4.90 Å². The second-order valence-electron chi connectivity index (χ2n) is 9.31. The highest BCUT2D eigenvalue weighted by molar-refractivity contribution is 7.92. The van der Waals surface area contributed by atoms with Gasteiger partial charge in [0.2, 0.25) is 0 Å². The van der Waals surface area contributed by atoms with Crippen LogP contribution in [-0.2, 0) is 14.6 Å². The topological polar surface area (TPSA) is 119 Å². The number of alkyl halides is 4. The normalized spacial score (nSPS) is 27.4. The fourth-order valence-electron chi connectivity index (χ4n) is 5.40. The minimum absolute atomic E-state index is 0.0868. The van der Waals surface area contributed by atoms with Gasteiger partial charge in [-0.05, 0) is 62.9 Å². The zero-order chi connectivity index (χ0) is 26.3. The number of hydrogen-bond acceptors (Lipinski definition) is 6. The minimum Gasteiger partial charge on any atom is -0.365 e. The van der Waals surface area contributed by atoms with E-state index >= 15 is 0 Å². The van der Waals surface area contributed by atoms with Crippen LogP contribution in [0.2, 0.25) is 0 Å². The molecule has 0 bridgehead atoms. The van der Waals surface area contributed by atoms with Crippen LogP contribution in [0.1, 0.15) is 32.1 Å². The van der Waals surface area contributed by atoms with Crippen LogP contribution in [0.5, 0.6) is 0 Å². The van der Waals surface area contributed by atoms with Gasteiger partial charge in [-0.15, -0.1) is 0 Å². The van der Waals surface area contributed by atoms with Crippen molar-refractivity contribution in [3.63, 3.8) is 0 Å². The molecule has 2 fully saturated rings. The summed E-state index contributed by atoms with van der Waals surface area (Å²) in [5, 5.41) is 11.0. The number of hydrogen-bond donors (Lipinski definition) is 3. The van der Waals surface area contributed by atoms with Crippen LogP contribution < -0.4 is 11.1 Å². The van der Waals surface area contributed by atoms with Gasteiger partial charge in [-0.2, -0.15) is 13.2 Å². The number of nitrogens with zero attached hydrogens (tertiary/aromatic N) is 2. The van der Waals surface area contributed by atoms with Gasteiger partial charge in [0.15, 0.2) is 5.57 Å². The summed E-state index contributed by atoms with van der Waals surface area (Å²) in [5.74, 6) is -0.536. The summed E-state index contributed by atoms with van der Waals surface area (Å²) in [4.78, 5) is 13.2. The van der Waals surface area contributed by atoms with Gasteiger partial charge in [-0.3, -0.25) is 9.69 Å². The maximum Gasteiger partial charge on any atom is 0.501 e. The number of carbonyl (C=O) groups excluding carboxylic acids is 1. The lowest BCUT2D eigenvalue weighted by molar-refractivity contribution is -0.521. The molecule has 2 heterocycles. The molecule has 4 rings (SSSR count). The Morgan fingerprint density at radius 3 is 2.50 bits per heavy atom. The first-order valence-corrected chi connectivity index (χ1v) is 13.1. The van der Waals surface area contributed by atoms with Gasteiger partial charge in [0, 0.05) is 24.2 Å². The minimum atomic E-state index is -5.48. The number of nitrogens with one attached hydrogen (secondary N) is 2. The van der Waals surface area contributed by atoms with Gasteiger partial charge in [0.1, 0.15) is 24.6 Å². The first-order valence-electron chi connectivity index (χ1n) is 11.7. The number of sulfone groups is 1. The fourth-order valence-corrected chi connectivity index (χ4v) is 6.16. The Morgan fingerprint density at radius 2 is 1.92 bits per heavy atom. The molecule has 0 aromatic heterocycles. The molecule has 4 atom stereocenters. The third-order valence-corrected chi connectivity index (χ3v) is 8.76. The average Bonchev–Trinajstić information content (AvgIpc) is 3.30. The highest BCUT2D eigenvalue weighted by atomic mass is 32.2. The van der Waals surface area contributed by atoms with Gasteiger partial charge in [0.05, 0.1) is 4.90 Å². The van der Waals surface area contributed by atoms with Crippen molar-refractivity contribution in [2.75, 3.05) is 18.5 Å². The van der Waals surface area contributed by atoms with Crippen molar-refractivity contribution in [2.45, 2.75) is 60.6 Å². The monoisotopic (exact) mass is 530 g/mol. The lowest BCUT2D eigenvalue weighted by Gasteiger charge is -2.41. The summed E-state index contributed by atoms with van der Waals surface area (Å²) in [6, 6.07) is 3.94. The summed E-state index contributed by atoms with van der Waals surface area (Å²) in [7, 11) is -5.48. The lowest BCUT2D eigenvalue weighted by atomic mass is 9.80. The van der Waals surface area contributed by atoms with Crippen LogP contribution in [0, 0.1) is 11.3 Å². The molecular weight excluding hydrogens is 502 g/mol. The second kappa shape index (κ2) is 9.92. The number of likely N-dealkylation sites (tertiary alicyclic amines) is 1. The highest BCUT2D eigenvalue weighted by Crippen LogP contribution is 2.35. The molecular formula is C23H28F4N5O3S+. The molecule has 0 radical (unpaired) electrons. The third-order valence-electron chi connectivity index (χ3n) is 7.25. The Morgan fingerprint density at radius 1 is 1.22 bits per heavy atom. The van der Waals surface area contributed by atoms with Gasteiger partial charge in [-0.25, -0.2) is 22.7 Å². The molecule has 3 aliphatic rings. The maximum absolute atomic E-state index is 13.4. The lowest BCUT2D eigenvalue weighted by Crippen LogP contribution is -2.52. The maximum atomic E-state index is 13.4. The zero-order valence-corrected chi connectivity index (χ0v) is 20.2. The molecule has 1 aromatic carbocycles. The van der Waals surface area contributed by atoms with Crippen LogP contribution in [0.4, 0.5) is 23.2 Å². The molecule has 2 aliphatic heterocycles. The van der Waals surface area contributed by atoms with Crippen LogP contribution in [0.25, 0.3) is 0 Å². The highest BCUT2D eigenvalue weighted by Gasteiger charge is 2.47. The molecule has 1 amide bonds. The second-order valence-corrected chi connectivity index (χ2v) is 11.3. The Hall–Kier alpha value is -2.80. The van der Waals surface area contributed by atoms with Crippen molar-refractivity contribution in [3.05, 3.63) is 36.0 Å². The van der Waals surface area contributed by atoms with Gasteiger partial charge < -0.3 is 11.1 Å². The van der Waals surface area contributed by atoms with E-state index in [-0.39, 0.29) is 35.3 Å². The molecule has 1 aliphatic carbocycles. The molecule has 0 spiro atoms. The van der Waals surface area contributed by atoms with Crippen molar-refractivity contribution in [2.24, 2.45) is 11.7 Å². The molecule has 196 valence electrons. The number of rotatable bonds is 7. The standard InChI is InChI=1S/C23H27F4N5O3S/c24-11-17-2-1-9-31(17)16-5-8-20(14(10-16)12-28)32-13-19(21(29)33)22(32)30-15-3-6-18(7-4-15)36(34,35)23(25,26)27/h3-4,6-7,12-14,16-17,20,28H,1-2,5,8-11H2,(H2,29,33)/p+1. The number of amides is 1.